The van der Waals surface area contributed by atoms with Crippen LogP contribution in [0.1, 0.15) is 6.92 Å². The summed E-state index contributed by atoms with van der Waals surface area (Å²) in [6, 6.07) is 9.21. The van der Waals surface area contributed by atoms with E-state index >= 15 is 0 Å². The monoisotopic (exact) mass is 366 g/mol. The number of fused-ring (bicyclic) bond motifs is 1. The quantitative estimate of drug-likeness (QED) is 0.797. The number of amides is 2. The molecule has 2 atom stereocenters. The molecule has 2 saturated heterocycles. The van der Waals surface area contributed by atoms with E-state index < -0.39 is 0 Å². The van der Waals surface area contributed by atoms with Crippen molar-refractivity contribution in [2.75, 3.05) is 37.5 Å². The van der Waals surface area contributed by atoms with Crippen LogP contribution in [0.25, 0.3) is 0 Å². The third-order valence-corrected chi connectivity index (χ3v) is 7.18. The maximum Gasteiger partial charge on any atom is 0.246 e. The number of carbonyl (C=O) groups excluding carboxylic acids is 2. The number of carbonyl (C=O) groups is 2. The predicted molar refractivity (Wildman–Crippen MR) is 98.4 cm³/mol. The van der Waals surface area contributed by atoms with E-state index in [1.807, 2.05) is 35.2 Å². The summed E-state index contributed by atoms with van der Waals surface area (Å²) < 4.78 is 5.65. The zero-order valence-electron chi connectivity index (χ0n) is 13.9. The van der Waals surface area contributed by atoms with Gasteiger partial charge in [-0.1, -0.05) is 18.2 Å². The molecule has 0 spiro atoms. The van der Waals surface area contributed by atoms with Gasteiger partial charge in [0.2, 0.25) is 11.8 Å². The van der Waals surface area contributed by atoms with Gasteiger partial charge in [-0.05, 0) is 19.1 Å². The molecule has 0 N–H and O–H groups in total. The van der Waals surface area contributed by atoms with E-state index in [1.165, 1.54) is 0 Å². The lowest BCUT2D eigenvalue weighted by molar-refractivity contribution is -0.144. The van der Waals surface area contributed by atoms with E-state index in [0.717, 1.165) is 11.5 Å². The lowest BCUT2D eigenvalue weighted by Gasteiger charge is -2.40. The van der Waals surface area contributed by atoms with Gasteiger partial charge in [-0.25, -0.2) is 0 Å². The van der Waals surface area contributed by atoms with Crippen LogP contribution in [0.15, 0.2) is 30.3 Å². The second-order valence-corrected chi connectivity index (χ2v) is 8.67. The van der Waals surface area contributed by atoms with Gasteiger partial charge in [0.1, 0.15) is 18.4 Å². The van der Waals surface area contributed by atoms with Crippen LogP contribution in [-0.2, 0) is 9.59 Å². The summed E-state index contributed by atoms with van der Waals surface area (Å²) >= 11 is 3.37. The lowest BCUT2D eigenvalue weighted by Crippen LogP contribution is -2.57. The Hall–Kier alpha value is -1.34. The Labute approximate surface area is 151 Å². The van der Waals surface area contributed by atoms with E-state index in [4.69, 9.17) is 4.74 Å². The number of ether oxygens (including phenoxy) is 1. The fraction of sp³-hybridized carbons (Fsp3) is 0.529. The first-order chi connectivity index (χ1) is 11.5. The molecule has 130 valence electrons. The molecular formula is C17H22N2O3S2. The number of likely N-dealkylation sites (N-methyl/N-ethyl adjacent to an activating group) is 1. The summed E-state index contributed by atoms with van der Waals surface area (Å²) in [5.41, 5.74) is 0. The van der Waals surface area contributed by atoms with Crippen LogP contribution in [0.2, 0.25) is 0 Å². The molecule has 0 unspecified atom stereocenters. The Bertz CT molecular complexity index is 613. The van der Waals surface area contributed by atoms with Crippen molar-refractivity contribution in [3.8, 4) is 5.75 Å². The fourth-order valence-corrected chi connectivity index (χ4v) is 5.74. The van der Waals surface area contributed by atoms with Gasteiger partial charge in [-0.2, -0.15) is 0 Å². The van der Waals surface area contributed by atoms with Crippen molar-refractivity contribution in [2.45, 2.75) is 17.8 Å². The molecule has 0 radical (unpaired) electrons. The van der Waals surface area contributed by atoms with E-state index in [-0.39, 0.29) is 22.7 Å². The average Bonchev–Trinajstić information content (AvgIpc) is 2.94. The van der Waals surface area contributed by atoms with Crippen molar-refractivity contribution >= 4 is 35.3 Å². The lowest BCUT2D eigenvalue weighted by atomic mass is 10.2. The summed E-state index contributed by atoms with van der Waals surface area (Å²) in [5, 5.41) is 0. The molecule has 0 aromatic heterocycles. The van der Waals surface area contributed by atoms with Gasteiger partial charge in [-0.15, -0.1) is 23.5 Å². The Kier molecular flexibility index (Phi) is 5.30. The van der Waals surface area contributed by atoms with Crippen LogP contribution in [0.3, 0.4) is 0 Å². The molecule has 7 heteroatoms. The minimum Gasteiger partial charge on any atom is -0.492 e. The molecule has 2 aliphatic heterocycles. The van der Waals surface area contributed by atoms with Crippen LogP contribution in [0.4, 0.5) is 0 Å². The second-order valence-electron chi connectivity index (χ2n) is 6.18. The SMILES string of the molecule is CN(CCOc1ccccc1)C(=O)[C@H]1CS[C@]2(C)CSCC(=O)N12. The van der Waals surface area contributed by atoms with Gasteiger partial charge in [0.05, 0.1) is 17.2 Å². The molecule has 1 aromatic rings. The van der Waals surface area contributed by atoms with E-state index in [0.29, 0.717) is 24.7 Å². The van der Waals surface area contributed by atoms with Crippen molar-refractivity contribution in [2.24, 2.45) is 0 Å². The normalized spacial score (nSPS) is 26.2. The molecule has 2 fully saturated rings. The maximum absolute atomic E-state index is 12.8. The molecule has 2 aliphatic rings. The number of hydrogen-bond donors (Lipinski definition) is 0. The van der Waals surface area contributed by atoms with Crippen LogP contribution in [0.5, 0.6) is 5.75 Å². The highest BCUT2D eigenvalue weighted by atomic mass is 32.2. The van der Waals surface area contributed by atoms with Crippen molar-refractivity contribution < 1.29 is 14.3 Å². The zero-order valence-corrected chi connectivity index (χ0v) is 15.6. The standard InChI is InChI=1S/C17H22N2O3S2/c1-17-12-23-11-15(20)19(17)14(10-24-17)16(21)18(2)8-9-22-13-6-4-3-5-7-13/h3-7,14H,8-12H2,1-2H3/t14-,17-/m1/s1. The average molecular weight is 367 g/mol. The van der Waals surface area contributed by atoms with Gasteiger partial charge in [0.15, 0.2) is 0 Å². The maximum atomic E-state index is 12.8. The van der Waals surface area contributed by atoms with Gasteiger partial charge in [0.25, 0.3) is 0 Å². The first-order valence-corrected chi connectivity index (χ1v) is 10.1. The summed E-state index contributed by atoms with van der Waals surface area (Å²) in [6.07, 6.45) is 0. The van der Waals surface area contributed by atoms with Crippen molar-refractivity contribution in [1.82, 2.24) is 9.80 Å². The van der Waals surface area contributed by atoms with Crippen LogP contribution < -0.4 is 4.74 Å². The van der Waals surface area contributed by atoms with E-state index in [2.05, 4.69) is 6.92 Å². The highest BCUT2D eigenvalue weighted by Gasteiger charge is 2.51. The zero-order chi connectivity index (χ0) is 17.2. The second kappa shape index (κ2) is 7.27. The smallest absolute Gasteiger partial charge is 0.246 e. The van der Waals surface area contributed by atoms with Gasteiger partial charge < -0.3 is 14.5 Å². The molecule has 5 nitrogen and oxygen atoms in total. The number of hydrogen-bond acceptors (Lipinski definition) is 5. The topological polar surface area (TPSA) is 49.9 Å². The number of benzene rings is 1. The molecule has 0 aliphatic carbocycles. The van der Waals surface area contributed by atoms with E-state index in [9.17, 15) is 9.59 Å². The van der Waals surface area contributed by atoms with Crippen molar-refractivity contribution in [1.29, 1.82) is 0 Å². The molecule has 2 amide bonds. The predicted octanol–water partition coefficient (Wildman–Crippen LogP) is 1.93. The van der Waals surface area contributed by atoms with E-state index in [1.54, 1.807) is 35.5 Å². The van der Waals surface area contributed by atoms with Gasteiger partial charge in [0, 0.05) is 18.6 Å². The summed E-state index contributed by atoms with van der Waals surface area (Å²) in [7, 11) is 1.78. The number of nitrogens with zero attached hydrogens (tertiary/aromatic N) is 2. The minimum atomic E-state index is -0.352. The molecule has 3 rings (SSSR count). The minimum absolute atomic E-state index is 0.00290. The summed E-state index contributed by atoms with van der Waals surface area (Å²) in [5.74, 6) is 2.90. The molecule has 2 heterocycles. The Morgan fingerprint density at radius 3 is 2.92 bits per heavy atom. The Morgan fingerprint density at radius 1 is 1.42 bits per heavy atom. The third-order valence-electron chi connectivity index (χ3n) is 4.34. The van der Waals surface area contributed by atoms with Crippen molar-refractivity contribution in [3.05, 3.63) is 30.3 Å². The summed E-state index contributed by atoms with van der Waals surface area (Å²) in [6.45, 7) is 3.00. The third kappa shape index (κ3) is 3.52. The van der Waals surface area contributed by atoms with Crippen LogP contribution in [-0.4, -0.2) is 70.0 Å². The highest BCUT2D eigenvalue weighted by Crippen LogP contribution is 2.44. The number of para-hydroxylation sites is 1. The molecule has 24 heavy (non-hydrogen) atoms. The number of rotatable bonds is 5. The molecular weight excluding hydrogens is 344 g/mol. The Balaban J connectivity index is 1.56. The number of thioether (sulfide) groups is 2. The van der Waals surface area contributed by atoms with Gasteiger partial charge >= 0.3 is 0 Å². The Morgan fingerprint density at radius 2 is 2.17 bits per heavy atom. The molecule has 0 bridgehead atoms. The molecule has 1 aromatic carbocycles. The summed E-state index contributed by atoms with van der Waals surface area (Å²) in [4.78, 5) is 28.3. The van der Waals surface area contributed by atoms with Crippen molar-refractivity contribution in [3.63, 3.8) is 0 Å². The highest BCUT2D eigenvalue weighted by molar-refractivity contribution is 8.04. The largest absolute Gasteiger partial charge is 0.492 e. The molecule has 0 saturated carbocycles. The van der Waals surface area contributed by atoms with Crippen LogP contribution in [0, 0.1) is 0 Å². The van der Waals surface area contributed by atoms with Gasteiger partial charge in [-0.3, -0.25) is 9.59 Å². The fourth-order valence-electron chi connectivity index (χ4n) is 3.04. The first kappa shape index (κ1) is 17.5. The van der Waals surface area contributed by atoms with Crippen LogP contribution >= 0.6 is 23.5 Å². The first-order valence-electron chi connectivity index (χ1n) is 7.98.